The van der Waals surface area contributed by atoms with Crippen LogP contribution in [0.2, 0.25) is 0 Å². The summed E-state index contributed by atoms with van der Waals surface area (Å²) in [6.45, 7) is 2.96. The van der Waals surface area contributed by atoms with Gasteiger partial charge in [0.05, 0.1) is 5.69 Å². The van der Waals surface area contributed by atoms with Crippen LogP contribution in [0.25, 0.3) is 22.8 Å². The van der Waals surface area contributed by atoms with Crippen molar-refractivity contribution in [2.45, 2.75) is 25.8 Å². The second kappa shape index (κ2) is 6.71. The molecule has 132 valence electrons. The van der Waals surface area contributed by atoms with E-state index in [1.807, 2.05) is 59.1 Å². The predicted molar refractivity (Wildman–Crippen MR) is 99.4 cm³/mol. The van der Waals surface area contributed by atoms with Crippen LogP contribution in [0.5, 0.6) is 0 Å². The van der Waals surface area contributed by atoms with Gasteiger partial charge in [0.2, 0.25) is 0 Å². The minimum atomic E-state index is 0.109. The molecule has 4 rings (SSSR count). The second-order valence-electron chi connectivity index (χ2n) is 6.73. The monoisotopic (exact) mass is 347 g/mol. The molecule has 6 heteroatoms. The maximum absolute atomic E-state index is 12.6. The van der Waals surface area contributed by atoms with E-state index in [4.69, 9.17) is 0 Å². The van der Waals surface area contributed by atoms with Crippen molar-refractivity contribution in [1.29, 1.82) is 0 Å². The lowest BCUT2D eigenvalue weighted by Gasteiger charge is -2.21. The summed E-state index contributed by atoms with van der Waals surface area (Å²) in [5.41, 5.74) is 3.17. The summed E-state index contributed by atoms with van der Waals surface area (Å²) >= 11 is 0. The molecule has 1 atom stereocenters. The molecule has 1 aliphatic heterocycles. The Hall–Kier alpha value is -3.02. The summed E-state index contributed by atoms with van der Waals surface area (Å²) in [7, 11) is 1.93. The topological polar surface area (TPSA) is 63.9 Å². The molecule has 0 aliphatic carbocycles. The Morgan fingerprint density at radius 3 is 2.38 bits per heavy atom. The zero-order valence-corrected chi connectivity index (χ0v) is 15.0. The van der Waals surface area contributed by atoms with Gasteiger partial charge in [-0.2, -0.15) is 0 Å². The highest BCUT2D eigenvalue weighted by molar-refractivity contribution is 5.95. The SMILES string of the molecule is C[C@@H]1CCCN1C(=O)c1ccc(-c2ccc(-c3nccn3C)nn2)cc1. The summed E-state index contributed by atoms with van der Waals surface area (Å²) in [4.78, 5) is 18.8. The number of imidazole rings is 1. The quantitative estimate of drug-likeness (QED) is 0.730. The first-order valence-electron chi connectivity index (χ1n) is 8.86. The summed E-state index contributed by atoms with van der Waals surface area (Å²) in [5.74, 6) is 0.891. The van der Waals surface area contributed by atoms with Gasteiger partial charge in [-0.1, -0.05) is 12.1 Å². The molecule has 1 fully saturated rings. The highest BCUT2D eigenvalue weighted by Crippen LogP contribution is 2.23. The molecule has 26 heavy (non-hydrogen) atoms. The van der Waals surface area contributed by atoms with E-state index >= 15 is 0 Å². The van der Waals surface area contributed by atoms with Crippen molar-refractivity contribution in [3.63, 3.8) is 0 Å². The van der Waals surface area contributed by atoms with E-state index in [0.29, 0.717) is 6.04 Å². The normalized spacial score (nSPS) is 16.8. The number of hydrogen-bond acceptors (Lipinski definition) is 4. The van der Waals surface area contributed by atoms with Gasteiger partial charge in [-0.05, 0) is 44.0 Å². The number of aromatic nitrogens is 4. The lowest BCUT2D eigenvalue weighted by atomic mass is 10.1. The Morgan fingerprint density at radius 1 is 1.08 bits per heavy atom. The first-order chi connectivity index (χ1) is 12.6. The van der Waals surface area contributed by atoms with Gasteiger partial charge in [0.25, 0.3) is 5.91 Å². The van der Waals surface area contributed by atoms with E-state index in [1.54, 1.807) is 6.20 Å². The zero-order valence-electron chi connectivity index (χ0n) is 15.0. The number of aryl methyl sites for hydroxylation is 1. The number of amides is 1. The van der Waals surface area contributed by atoms with Crippen LogP contribution in [0.1, 0.15) is 30.1 Å². The van der Waals surface area contributed by atoms with E-state index < -0.39 is 0 Å². The lowest BCUT2D eigenvalue weighted by Crippen LogP contribution is -2.33. The Bertz CT molecular complexity index is 914. The number of carbonyl (C=O) groups excluding carboxylic acids is 1. The lowest BCUT2D eigenvalue weighted by molar-refractivity contribution is 0.0747. The van der Waals surface area contributed by atoms with Gasteiger partial charge < -0.3 is 9.47 Å². The molecule has 0 unspecified atom stereocenters. The van der Waals surface area contributed by atoms with Gasteiger partial charge in [-0.15, -0.1) is 10.2 Å². The summed E-state index contributed by atoms with van der Waals surface area (Å²) < 4.78 is 1.91. The average molecular weight is 347 g/mol. The fraction of sp³-hybridized carbons (Fsp3) is 0.300. The molecule has 2 aromatic heterocycles. The number of hydrogen-bond donors (Lipinski definition) is 0. The van der Waals surface area contributed by atoms with Crippen LogP contribution < -0.4 is 0 Å². The smallest absolute Gasteiger partial charge is 0.254 e. The molecule has 0 radical (unpaired) electrons. The van der Waals surface area contributed by atoms with Crippen molar-refractivity contribution >= 4 is 5.91 Å². The molecule has 6 nitrogen and oxygen atoms in total. The van der Waals surface area contributed by atoms with Crippen LogP contribution in [0, 0.1) is 0 Å². The second-order valence-corrected chi connectivity index (χ2v) is 6.73. The highest BCUT2D eigenvalue weighted by Gasteiger charge is 2.25. The molecule has 1 aliphatic rings. The molecule has 0 bridgehead atoms. The van der Waals surface area contributed by atoms with Gasteiger partial charge in [0, 0.05) is 43.2 Å². The van der Waals surface area contributed by atoms with Gasteiger partial charge in [-0.25, -0.2) is 4.98 Å². The van der Waals surface area contributed by atoms with Crippen LogP contribution >= 0.6 is 0 Å². The van der Waals surface area contributed by atoms with E-state index in [9.17, 15) is 4.79 Å². The fourth-order valence-corrected chi connectivity index (χ4v) is 3.40. The molecule has 0 N–H and O–H groups in total. The van der Waals surface area contributed by atoms with Gasteiger partial charge in [0.15, 0.2) is 5.82 Å². The fourth-order valence-electron chi connectivity index (χ4n) is 3.40. The van der Waals surface area contributed by atoms with Crippen molar-refractivity contribution in [3.8, 4) is 22.8 Å². The molecule has 1 saturated heterocycles. The van der Waals surface area contributed by atoms with Crippen molar-refractivity contribution < 1.29 is 4.79 Å². The van der Waals surface area contributed by atoms with Crippen LogP contribution in [0.4, 0.5) is 0 Å². The number of rotatable bonds is 3. The number of nitrogens with zero attached hydrogens (tertiary/aromatic N) is 5. The Kier molecular flexibility index (Phi) is 4.24. The Labute approximate surface area is 152 Å². The van der Waals surface area contributed by atoms with Gasteiger partial charge in [-0.3, -0.25) is 4.79 Å². The minimum Gasteiger partial charge on any atom is -0.336 e. The minimum absolute atomic E-state index is 0.109. The summed E-state index contributed by atoms with van der Waals surface area (Å²) in [5, 5.41) is 8.59. The largest absolute Gasteiger partial charge is 0.336 e. The van der Waals surface area contributed by atoms with Crippen molar-refractivity contribution in [2.75, 3.05) is 6.54 Å². The molecule has 1 amide bonds. The maximum Gasteiger partial charge on any atom is 0.254 e. The van der Waals surface area contributed by atoms with E-state index in [0.717, 1.165) is 47.7 Å². The van der Waals surface area contributed by atoms with Crippen molar-refractivity contribution in [1.82, 2.24) is 24.6 Å². The maximum atomic E-state index is 12.6. The number of likely N-dealkylation sites (tertiary alicyclic amines) is 1. The van der Waals surface area contributed by atoms with Crippen LogP contribution in [0.3, 0.4) is 0 Å². The zero-order chi connectivity index (χ0) is 18.1. The van der Waals surface area contributed by atoms with Crippen molar-refractivity contribution in [2.24, 2.45) is 7.05 Å². The summed E-state index contributed by atoms with van der Waals surface area (Å²) in [6, 6.07) is 11.8. The van der Waals surface area contributed by atoms with Crippen molar-refractivity contribution in [3.05, 3.63) is 54.4 Å². The predicted octanol–water partition coefficient (Wildman–Crippen LogP) is 3.17. The Balaban J connectivity index is 1.53. The molecule has 3 heterocycles. The molecule has 3 aromatic rings. The molecule has 0 spiro atoms. The van der Waals surface area contributed by atoms with Crippen LogP contribution in [-0.4, -0.2) is 43.1 Å². The Morgan fingerprint density at radius 2 is 1.81 bits per heavy atom. The van der Waals surface area contributed by atoms with Crippen LogP contribution in [-0.2, 0) is 7.05 Å². The third-order valence-corrected chi connectivity index (χ3v) is 4.96. The standard InChI is InChI=1S/C20H21N5O/c1-14-4-3-12-25(14)20(26)16-7-5-15(6-8-16)17-9-10-18(23-22-17)19-21-11-13-24(19)2/h5-11,13-14H,3-4,12H2,1-2H3/t14-/m1/s1. The van der Waals surface area contributed by atoms with Gasteiger partial charge in [0.1, 0.15) is 5.69 Å². The molecule has 0 saturated carbocycles. The van der Waals surface area contributed by atoms with Crippen LogP contribution in [0.15, 0.2) is 48.8 Å². The number of carbonyl (C=O) groups is 1. The van der Waals surface area contributed by atoms with E-state index in [2.05, 4.69) is 22.1 Å². The van der Waals surface area contributed by atoms with Gasteiger partial charge >= 0.3 is 0 Å². The highest BCUT2D eigenvalue weighted by atomic mass is 16.2. The summed E-state index contributed by atoms with van der Waals surface area (Å²) in [6.07, 6.45) is 5.79. The average Bonchev–Trinajstić information content (AvgIpc) is 3.29. The molecule has 1 aromatic carbocycles. The number of benzene rings is 1. The van der Waals surface area contributed by atoms with E-state index in [-0.39, 0.29) is 5.91 Å². The third kappa shape index (κ3) is 2.98. The third-order valence-electron chi connectivity index (χ3n) is 4.96. The molecular weight excluding hydrogens is 326 g/mol. The first kappa shape index (κ1) is 16.4. The first-order valence-corrected chi connectivity index (χ1v) is 8.86. The van der Waals surface area contributed by atoms with E-state index in [1.165, 1.54) is 0 Å². The molecular formula is C20H21N5O.